The molecule has 11 heteroatoms. The van der Waals surface area contributed by atoms with Crippen LogP contribution in [-0.2, 0) is 19.8 Å². The molecule has 3 N–H and O–H groups in total. The van der Waals surface area contributed by atoms with Gasteiger partial charge in [0.1, 0.15) is 0 Å². The van der Waals surface area contributed by atoms with E-state index in [1.807, 2.05) is 17.9 Å². The summed E-state index contributed by atoms with van der Waals surface area (Å²) in [6.45, 7) is 2.49. The second kappa shape index (κ2) is 8.68. The van der Waals surface area contributed by atoms with Gasteiger partial charge < -0.3 is 20.5 Å². The first-order valence-corrected chi connectivity index (χ1v) is 10.8. The number of halogens is 6. The maximum Gasteiger partial charge on any atom is 0.418 e. The molecule has 1 aromatic heterocycles. The Morgan fingerprint density at radius 1 is 1.06 bits per heavy atom. The molecule has 0 aliphatic carbocycles. The summed E-state index contributed by atoms with van der Waals surface area (Å²) in [6, 6.07) is 7.30. The Kier molecular flexibility index (Phi) is 6.17. The molecule has 1 fully saturated rings. The van der Waals surface area contributed by atoms with E-state index in [-0.39, 0.29) is 44.1 Å². The molecule has 0 bridgehead atoms. The van der Waals surface area contributed by atoms with Gasteiger partial charge in [-0.1, -0.05) is 6.07 Å². The van der Waals surface area contributed by atoms with Crippen LogP contribution >= 0.6 is 0 Å². The van der Waals surface area contributed by atoms with E-state index in [4.69, 9.17) is 5.73 Å². The summed E-state index contributed by atoms with van der Waals surface area (Å²) in [4.78, 5) is 6.38. The van der Waals surface area contributed by atoms with Crippen LogP contribution in [0.2, 0.25) is 0 Å². The number of aryl methyl sites for hydroxylation is 2. The van der Waals surface area contributed by atoms with Gasteiger partial charge in [-0.2, -0.15) is 26.3 Å². The lowest BCUT2D eigenvalue weighted by Crippen LogP contribution is -2.39. The average molecular weight is 485 g/mol. The normalized spacial score (nSPS) is 15.9. The molecule has 0 atom stereocenters. The van der Waals surface area contributed by atoms with Crippen LogP contribution in [0.25, 0.3) is 11.0 Å². The first-order chi connectivity index (χ1) is 15.9. The first kappa shape index (κ1) is 24.2. The van der Waals surface area contributed by atoms with Crippen molar-refractivity contribution in [3.05, 3.63) is 47.0 Å². The fourth-order valence-corrected chi connectivity index (χ4v) is 4.42. The van der Waals surface area contributed by atoms with E-state index in [1.54, 1.807) is 17.7 Å². The van der Waals surface area contributed by atoms with Gasteiger partial charge in [-0.05, 0) is 55.2 Å². The van der Waals surface area contributed by atoms with Crippen molar-refractivity contribution in [2.45, 2.75) is 38.7 Å². The van der Waals surface area contributed by atoms with Gasteiger partial charge in [-0.15, -0.1) is 0 Å². The van der Waals surface area contributed by atoms with Gasteiger partial charge in [-0.25, -0.2) is 4.98 Å². The number of fused-ring (bicyclic) bond motifs is 1. The predicted molar refractivity (Wildman–Crippen MR) is 119 cm³/mol. The topological polar surface area (TPSA) is 59.1 Å². The number of imidazole rings is 1. The Bertz CT molecular complexity index is 1190. The highest BCUT2D eigenvalue weighted by Crippen LogP contribution is 2.39. The predicted octanol–water partition coefficient (Wildman–Crippen LogP) is 5.88. The van der Waals surface area contributed by atoms with Crippen molar-refractivity contribution in [1.82, 2.24) is 9.55 Å². The minimum atomic E-state index is -4.56. The maximum atomic E-state index is 13.5. The van der Waals surface area contributed by atoms with Crippen molar-refractivity contribution in [2.24, 2.45) is 18.7 Å². The van der Waals surface area contributed by atoms with E-state index < -0.39 is 23.8 Å². The second-order valence-corrected chi connectivity index (χ2v) is 8.63. The van der Waals surface area contributed by atoms with E-state index in [0.29, 0.717) is 16.6 Å². The summed E-state index contributed by atoms with van der Waals surface area (Å²) >= 11 is 0. The number of anilines is 3. The molecule has 1 aliphatic heterocycles. The average Bonchev–Trinajstić information content (AvgIpc) is 3.06. The summed E-state index contributed by atoms with van der Waals surface area (Å²) in [5.74, 6) is -1.09. The van der Waals surface area contributed by atoms with E-state index in [2.05, 4.69) is 10.3 Å². The SMILES string of the molecule is Cc1cc2nc(Nc3cc(CN)ccc3C(F)(F)F)n(C)c2cc1N1CCC(C(F)(F)F)CC1. The first-order valence-electron chi connectivity index (χ1n) is 10.8. The number of hydrogen-bond donors (Lipinski definition) is 2. The Morgan fingerprint density at radius 3 is 2.32 bits per heavy atom. The maximum absolute atomic E-state index is 13.5. The van der Waals surface area contributed by atoms with E-state index in [0.717, 1.165) is 17.3 Å². The molecule has 1 saturated heterocycles. The van der Waals surface area contributed by atoms with Crippen molar-refractivity contribution in [3.63, 3.8) is 0 Å². The lowest BCUT2D eigenvalue weighted by atomic mass is 9.95. The third-order valence-corrected chi connectivity index (χ3v) is 6.37. The van der Waals surface area contributed by atoms with Gasteiger partial charge in [0.25, 0.3) is 0 Å². The van der Waals surface area contributed by atoms with Crippen molar-refractivity contribution < 1.29 is 26.3 Å². The molecule has 4 rings (SSSR count). The Balaban J connectivity index is 1.66. The number of nitrogens with one attached hydrogen (secondary N) is 1. The lowest BCUT2D eigenvalue weighted by molar-refractivity contribution is -0.179. The largest absolute Gasteiger partial charge is 0.418 e. The quantitative estimate of drug-likeness (QED) is 0.453. The zero-order valence-electron chi connectivity index (χ0n) is 18.7. The van der Waals surface area contributed by atoms with Crippen molar-refractivity contribution in [2.75, 3.05) is 23.3 Å². The minimum Gasteiger partial charge on any atom is -0.371 e. The van der Waals surface area contributed by atoms with E-state index >= 15 is 0 Å². The minimum absolute atomic E-state index is 0.0247. The molecule has 2 heterocycles. The van der Waals surface area contributed by atoms with Crippen LogP contribution in [0.1, 0.15) is 29.5 Å². The van der Waals surface area contributed by atoms with Crippen molar-refractivity contribution in [1.29, 1.82) is 0 Å². The summed E-state index contributed by atoms with van der Waals surface area (Å²) in [7, 11) is 1.67. The van der Waals surface area contributed by atoms with Crippen LogP contribution in [0.4, 0.5) is 43.7 Å². The second-order valence-electron chi connectivity index (χ2n) is 8.63. The number of alkyl halides is 6. The van der Waals surface area contributed by atoms with Crippen LogP contribution in [0.3, 0.4) is 0 Å². The number of hydrogen-bond acceptors (Lipinski definition) is 4. The van der Waals surface area contributed by atoms with Gasteiger partial charge in [-0.3, -0.25) is 0 Å². The van der Waals surface area contributed by atoms with Crippen molar-refractivity contribution in [3.8, 4) is 0 Å². The number of aromatic nitrogens is 2. The smallest absolute Gasteiger partial charge is 0.371 e. The molecule has 0 spiro atoms. The standard InChI is InChI=1S/C23H25F6N5/c1-13-9-18-20(11-19(13)34-7-5-15(6-8-34)22(24,25)26)33(2)21(32-18)31-17-10-14(12-30)3-4-16(17)23(27,28)29/h3-4,9-11,15H,5-8,12,30H2,1-2H3,(H,31,32). The summed E-state index contributed by atoms with van der Waals surface area (Å²) < 4.78 is 81.3. The third-order valence-electron chi connectivity index (χ3n) is 6.37. The van der Waals surface area contributed by atoms with Crippen LogP contribution in [0.15, 0.2) is 30.3 Å². The number of nitrogens with two attached hydrogens (primary N) is 1. The third kappa shape index (κ3) is 4.66. The number of piperidine rings is 1. The number of rotatable bonds is 4. The fraction of sp³-hybridized carbons (Fsp3) is 0.435. The van der Waals surface area contributed by atoms with Crippen molar-refractivity contribution >= 4 is 28.4 Å². The van der Waals surface area contributed by atoms with E-state index in [9.17, 15) is 26.3 Å². The molecular formula is C23H25F6N5. The molecule has 34 heavy (non-hydrogen) atoms. The molecule has 5 nitrogen and oxygen atoms in total. The van der Waals surface area contributed by atoms with Gasteiger partial charge in [0, 0.05) is 32.4 Å². The summed E-state index contributed by atoms with van der Waals surface area (Å²) in [5.41, 5.74) is 8.01. The Morgan fingerprint density at radius 2 is 1.74 bits per heavy atom. The Hall–Kier alpha value is -2.95. The molecule has 0 unspecified atom stereocenters. The molecule has 184 valence electrons. The summed E-state index contributed by atoms with van der Waals surface area (Å²) in [6.07, 6.45) is -8.70. The summed E-state index contributed by atoms with van der Waals surface area (Å²) in [5, 5.41) is 2.79. The van der Waals surface area contributed by atoms with Crippen LogP contribution in [0.5, 0.6) is 0 Å². The molecule has 1 aliphatic rings. The fourth-order valence-electron chi connectivity index (χ4n) is 4.42. The molecular weight excluding hydrogens is 460 g/mol. The molecule has 0 amide bonds. The van der Waals surface area contributed by atoms with Gasteiger partial charge >= 0.3 is 12.4 Å². The van der Waals surface area contributed by atoms with E-state index in [1.165, 1.54) is 12.1 Å². The molecule has 3 aromatic rings. The number of nitrogens with zero attached hydrogens (tertiary/aromatic N) is 3. The highest BCUT2D eigenvalue weighted by atomic mass is 19.4. The zero-order chi connectivity index (χ0) is 24.8. The van der Waals surface area contributed by atoms with Crippen LogP contribution in [0, 0.1) is 12.8 Å². The molecule has 0 radical (unpaired) electrons. The molecule has 2 aromatic carbocycles. The monoisotopic (exact) mass is 485 g/mol. The highest BCUT2D eigenvalue weighted by molar-refractivity contribution is 5.85. The number of benzene rings is 2. The van der Waals surface area contributed by atoms with Gasteiger partial charge in [0.2, 0.25) is 5.95 Å². The van der Waals surface area contributed by atoms with Gasteiger partial charge in [0.05, 0.1) is 28.2 Å². The van der Waals surface area contributed by atoms with Crippen LogP contribution in [-0.4, -0.2) is 28.8 Å². The highest BCUT2D eigenvalue weighted by Gasteiger charge is 2.41. The Labute approximate surface area is 192 Å². The lowest BCUT2D eigenvalue weighted by Gasteiger charge is -2.35. The molecule has 0 saturated carbocycles. The van der Waals surface area contributed by atoms with Gasteiger partial charge in [0.15, 0.2) is 0 Å². The van der Waals surface area contributed by atoms with Crippen LogP contribution < -0.4 is 16.0 Å². The zero-order valence-corrected chi connectivity index (χ0v) is 18.7.